The predicted molar refractivity (Wildman–Crippen MR) is 77.3 cm³/mol. The Morgan fingerprint density at radius 2 is 1.76 bits per heavy atom. The van der Waals surface area contributed by atoms with E-state index in [0.717, 1.165) is 0 Å². The molecule has 0 radical (unpaired) electrons. The van der Waals surface area contributed by atoms with Gasteiger partial charge in [-0.25, -0.2) is 18.0 Å². The molecule has 0 atom stereocenters. The number of carboxylic acid groups (broad SMARTS) is 1. The van der Waals surface area contributed by atoms with Gasteiger partial charge >= 0.3 is 12.0 Å². The monoisotopic (exact) mass is 312 g/mol. The third kappa shape index (κ3) is 4.19. The lowest BCUT2D eigenvalue weighted by Crippen LogP contribution is -2.37. The van der Waals surface area contributed by atoms with E-state index >= 15 is 0 Å². The van der Waals surface area contributed by atoms with Crippen LogP contribution in [0, 0.1) is 0 Å². The largest absolute Gasteiger partial charge is 0.478 e. The molecule has 8 heteroatoms. The van der Waals surface area contributed by atoms with Crippen LogP contribution in [-0.4, -0.2) is 55.0 Å². The van der Waals surface area contributed by atoms with Crippen molar-refractivity contribution in [2.45, 2.75) is 6.42 Å². The number of carbonyl (C=O) groups is 2. The Morgan fingerprint density at radius 1 is 1.10 bits per heavy atom. The van der Waals surface area contributed by atoms with Crippen LogP contribution in [0.1, 0.15) is 16.8 Å². The van der Waals surface area contributed by atoms with E-state index in [-0.39, 0.29) is 29.6 Å². The van der Waals surface area contributed by atoms with Crippen LogP contribution in [0.15, 0.2) is 24.3 Å². The summed E-state index contributed by atoms with van der Waals surface area (Å²) < 4.78 is 23.0. The molecule has 1 fully saturated rings. The number of hydrogen-bond donors (Lipinski definition) is 2. The molecule has 0 unspecified atom stereocenters. The first kappa shape index (κ1) is 15.3. The van der Waals surface area contributed by atoms with Crippen molar-refractivity contribution >= 4 is 27.5 Å². The van der Waals surface area contributed by atoms with Gasteiger partial charge in [0.25, 0.3) is 0 Å². The minimum atomic E-state index is -3.06. The first-order chi connectivity index (χ1) is 9.87. The summed E-state index contributed by atoms with van der Waals surface area (Å²) in [5.74, 6) is -0.965. The van der Waals surface area contributed by atoms with Gasteiger partial charge in [-0.3, -0.25) is 0 Å². The summed E-state index contributed by atoms with van der Waals surface area (Å²) >= 11 is 0. The van der Waals surface area contributed by atoms with Crippen molar-refractivity contribution in [1.82, 2.24) is 4.90 Å². The lowest BCUT2D eigenvalue weighted by molar-refractivity contribution is 0.0697. The Hall–Kier alpha value is -2.09. The standard InChI is InChI=1S/C13H16N2O5S/c16-12(17)10-2-4-11(5-3-10)14-13(18)15-6-1-8-21(19,20)9-7-15/h2-5H,1,6-9H2,(H,14,18)(H,16,17). The van der Waals surface area contributed by atoms with Gasteiger partial charge in [0, 0.05) is 18.8 Å². The lowest BCUT2D eigenvalue weighted by atomic mass is 10.2. The molecular weight excluding hydrogens is 296 g/mol. The van der Waals surface area contributed by atoms with Crippen molar-refractivity contribution in [3.8, 4) is 0 Å². The average molecular weight is 312 g/mol. The zero-order valence-electron chi connectivity index (χ0n) is 11.3. The number of sulfone groups is 1. The Morgan fingerprint density at radius 3 is 2.38 bits per heavy atom. The Kier molecular flexibility index (Phi) is 4.46. The Bertz CT molecular complexity index is 639. The number of nitrogens with one attached hydrogen (secondary N) is 1. The van der Waals surface area contributed by atoms with Gasteiger partial charge in [-0.15, -0.1) is 0 Å². The van der Waals surface area contributed by atoms with Crippen molar-refractivity contribution in [1.29, 1.82) is 0 Å². The number of rotatable bonds is 2. The highest BCUT2D eigenvalue weighted by Crippen LogP contribution is 2.12. The third-order valence-corrected chi connectivity index (χ3v) is 4.94. The average Bonchev–Trinajstić information content (AvgIpc) is 2.60. The number of nitrogens with zero attached hydrogens (tertiary/aromatic N) is 1. The molecule has 0 bridgehead atoms. The van der Waals surface area contributed by atoms with Gasteiger partial charge in [-0.2, -0.15) is 0 Å². The summed E-state index contributed by atoms with van der Waals surface area (Å²) in [6, 6.07) is 5.40. The van der Waals surface area contributed by atoms with E-state index in [1.807, 2.05) is 0 Å². The van der Waals surface area contributed by atoms with Crippen LogP contribution in [0.3, 0.4) is 0 Å². The van der Waals surface area contributed by atoms with E-state index in [2.05, 4.69) is 5.32 Å². The van der Waals surface area contributed by atoms with Gasteiger partial charge in [-0.1, -0.05) is 0 Å². The molecule has 0 aromatic heterocycles. The lowest BCUT2D eigenvalue weighted by Gasteiger charge is -2.20. The zero-order chi connectivity index (χ0) is 15.5. The van der Waals surface area contributed by atoms with E-state index in [1.165, 1.54) is 29.2 Å². The minimum absolute atomic E-state index is 0.0294. The topological polar surface area (TPSA) is 104 Å². The Labute approximate surface area is 122 Å². The SMILES string of the molecule is O=C(O)c1ccc(NC(=O)N2CCCS(=O)(=O)CC2)cc1. The molecule has 114 valence electrons. The fourth-order valence-electron chi connectivity index (χ4n) is 2.04. The van der Waals surface area contributed by atoms with Crippen LogP contribution in [0.2, 0.25) is 0 Å². The van der Waals surface area contributed by atoms with E-state index in [0.29, 0.717) is 18.7 Å². The molecule has 1 aliphatic heterocycles. The number of anilines is 1. The van der Waals surface area contributed by atoms with Gasteiger partial charge in [0.05, 0.1) is 17.1 Å². The summed E-state index contributed by atoms with van der Waals surface area (Å²) in [5.41, 5.74) is 0.603. The van der Waals surface area contributed by atoms with E-state index in [4.69, 9.17) is 5.11 Å². The van der Waals surface area contributed by atoms with Crippen molar-refractivity contribution < 1.29 is 23.1 Å². The van der Waals surface area contributed by atoms with Crippen LogP contribution < -0.4 is 5.32 Å². The molecule has 0 spiro atoms. The fraction of sp³-hybridized carbons (Fsp3) is 0.385. The predicted octanol–water partition coefficient (Wildman–Crippen LogP) is 1.04. The summed E-state index contributed by atoms with van der Waals surface area (Å²) in [6.07, 6.45) is 0.424. The highest BCUT2D eigenvalue weighted by molar-refractivity contribution is 7.91. The molecule has 2 rings (SSSR count). The quantitative estimate of drug-likeness (QED) is 0.849. The second-order valence-corrected chi connectivity index (χ2v) is 7.11. The summed E-state index contributed by atoms with van der Waals surface area (Å²) in [6.45, 7) is 0.555. The van der Waals surface area contributed by atoms with E-state index < -0.39 is 15.8 Å². The van der Waals surface area contributed by atoms with Gasteiger partial charge in [0.1, 0.15) is 0 Å². The van der Waals surface area contributed by atoms with E-state index in [9.17, 15) is 18.0 Å². The first-order valence-electron chi connectivity index (χ1n) is 6.47. The maximum Gasteiger partial charge on any atom is 0.335 e. The molecule has 7 nitrogen and oxygen atoms in total. The summed E-state index contributed by atoms with van der Waals surface area (Å²) in [7, 11) is -3.06. The third-order valence-electron chi connectivity index (χ3n) is 3.23. The summed E-state index contributed by atoms with van der Waals surface area (Å²) in [4.78, 5) is 24.2. The van der Waals surface area contributed by atoms with Crippen molar-refractivity contribution in [2.24, 2.45) is 0 Å². The molecule has 1 aromatic rings. The molecular formula is C13H16N2O5S. The summed E-state index contributed by atoms with van der Waals surface area (Å²) in [5, 5.41) is 11.4. The van der Waals surface area contributed by atoms with Crippen LogP contribution >= 0.6 is 0 Å². The molecule has 0 aliphatic carbocycles. The zero-order valence-corrected chi connectivity index (χ0v) is 12.1. The number of hydrogen-bond acceptors (Lipinski definition) is 4. The number of benzene rings is 1. The van der Waals surface area contributed by atoms with Gasteiger partial charge in [0.2, 0.25) is 0 Å². The molecule has 2 N–H and O–H groups in total. The molecule has 1 saturated heterocycles. The maximum absolute atomic E-state index is 12.1. The minimum Gasteiger partial charge on any atom is -0.478 e. The molecule has 1 aromatic carbocycles. The van der Waals surface area contributed by atoms with Gasteiger partial charge in [0.15, 0.2) is 9.84 Å². The first-order valence-corrected chi connectivity index (χ1v) is 8.29. The van der Waals surface area contributed by atoms with E-state index in [1.54, 1.807) is 0 Å². The molecule has 0 saturated carbocycles. The number of urea groups is 1. The molecule has 1 heterocycles. The number of aromatic carboxylic acids is 1. The van der Waals surface area contributed by atoms with Crippen LogP contribution in [-0.2, 0) is 9.84 Å². The van der Waals surface area contributed by atoms with Crippen molar-refractivity contribution in [3.05, 3.63) is 29.8 Å². The van der Waals surface area contributed by atoms with Gasteiger partial charge in [-0.05, 0) is 30.7 Å². The fourth-order valence-corrected chi connectivity index (χ4v) is 3.31. The second kappa shape index (κ2) is 6.13. The van der Waals surface area contributed by atoms with Crippen molar-refractivity contribution in [3.63, 3.8) is 0 Å². The highest BCUT2D eigenvalue weighted by atomic mass is 32.2. The Balaban J connectivity index is 1.99. The van der Waals surface area contributed by atoms with Crippen LogP contribution in [0.4, 0.5) is 10.5 Å². The normalized spacial score (nSPS) is 17.8. The molecule has 2 amide bonds. The van der Waals surface area contributed by atoms with Crippen LogP contribution in [0.25, 0.3) is 0 Å². The molecule has 1 aliphatic rings. The molecule has 21 heavy (non-hydrogen) atoms. The number of amides is 2. The second-order valence-electron chi connectivity index (χ2n) is 4.81. The highest BCUT2D eigenvalue weighted by Gasteiger charge is 2.22. The smallest absolute Gasteiger partial charge is 0.335 e. The van der Waals surface area contributed by atoms with Crippen LogP contribution in [0.5, 0.6) is 0 Å². The number of carboxylic acids is 1. The number of carbonyl (C=O) groups excluding carboxylic acids is 1. The maximum atomic E-state index is 12.1. The van der Waals surface area contributed by atoms with Gasteiger partial charge < -0.3 is 15.3 Å². The van der Waals surface area contributed by atoms with Crippen molar-refractivity contribution in [2.75, 3.05) is 29.9 Å².